The summed E-state index contributed by atoms with van der Waals surface area (Å²) < 4.78 is 32.3. The number of H-pyrrole nitrogens is 1. The summed E-state index contributed by atoms with van der Waals surface area (Å²) in [6.45, 7) is 7.14. The second kappa shape index (κ2) is 5.08. The highest BCUT2D eigenvalue weighted by atomic mass is 32.2. The molecule has 2 heterocycles. The standard InChI is InChI=1S/C12H19N3O5S/c1-7-5-15(6-12(3,4)20-7)21(18,19)10-9(11(16)17)8(2)13-14-10/h7H,5-6H2,1-4H3,(H,13,14)(H,16,17). The molecule has 8 nitrogen and oxygen atoms in total. The molecule has 1 aliphatic rings. The molecule has 118 valence electrons. The van der Waals surface area contributed by atoms with Crippen LogP contribution >= 0.6 is 0 Å². The fraction of sp³-hybridized carbons (Fsp3) is 0.667. The third-order valence-electron chi connectivity index (χ3n) is 3.25. The van der Waals surface area contributed by atoms with Crippen LogP contribution in [0.5, 0.6) is 0 Å². The third-order valence-corrected chi connectivity index (χ3v) is 4.99. The topological polar surface area (TPSA) is 113 Å². The van der Waals surface area contributed by atoms with E-state index in [-0.39, 0.29) is 30.5 Å². The molecule has 21 heavy (non-hydrogen) atoms. The van der Waals surface area contributed by atoms with Crippen LogP contribution in [0.4, 0.5) is 0 Å². The van der Waals surface area contributed by atoms with E-state index in [4.69, 9.17) is 4.74 Å². The van der Waals surface area contributed by atoms with E-state index in [0.29, 0.717) is 0 Å². The molecule has 2 N–H and O–H groups in total. The van der Waals surface area contributed by atoms with E-state index in [1.54, 1.807) is 20.8 Å². The number of aromatic amines is 1. The SMILES string of the molecule is Cc1[nH]nc(S(=O)(=O)N2CC(C)OC(C)(C)C2)c1C(=O)O. The van der Waals surface area contributed by atoms with Gasteiger partial charge < -0.3 is 9.84 Å². The van der Waals surface area contributed by atoms with Gasteiger partial charge in [0.25, 0.3) is 10.0 Å². The van der Waals surface area contributed by atoms with Crippen molar-refractivity contribution in [2.45, 2.75) is 44.4 Å². The minimum absolute atomic E-state index is 0.143. The number of carbonyl (C=O) groups is 1. The highest BCUT2D eigenvalue weighted by molar-refractivity contribution is 7.89. The lowest BCUT2D eigenvalue weighted by Crippen LogP contribution is -2.53. The lowest BCUT2D eigenvalue weighted by molar-refractivity contribution is -0.109. The number of ether oxygens (including phenoxy) is 1. The number of morpholine rings is 1. The van der Waals surface area contributed by atoms with E-state index in [1.165, 1.54) is 11.2 Å². The lowest BCUT2D eigenvalue weighted by Gasteiger charge is -2.40. The van der Waals surface area contributed by atoms with Gasteiger partial charge in [-0.15, -0.1) is 0 Å². The zero-order chi connectivity index (χ0) is 16.0. The molecule has 0 saturated carbocycles. The predicted octanol–water partition coefficient (Wildman–Crippen LogP) is 0.604. The van der Waals surface area contributed by atoms with Gasteiger partial charge >= 0.3 is 5.97 Å². The molecule has 1 saturated heterocycles. The van der Waals surface area contributed by atoms with Gasteiger partial charge in [0.2, 0.25) is 5.03 Å². The minimum atomic E-state index is -3.99. The van der Waals surface area contributed by atoms with Crippen molar-refractivity contribution in [2.24, 2.45) is 0 Å². The number of aromatic carboxylic acids is 1. The molecule has 1 fully saturated rings. The number of nitrogens with one attached hydrogen (secondary N) is 1. The first-order valence-electron chi connectivity index (χ1n) is 6.51. The smallest absolute Gasteiger partial charge is 0.340 e. The molecule has 1 atom stereocenters. The summed E-state index contributed by atoms with van der Waals surface area (Å²) >= 11 is 0. The fourth-order valence-electron chi connectivity index (χ4n) is 2.55. The van der Waals surface area contributed by atoms with Crippen LogP contribution in [0, 0.1) is 6.92 Å². The van der Waals surface area contributed by atoms with E-state index in [9.17, 15) is 18.3 Å². The minimum Gasteiger partial charge on any atom is -0.478 e. The fourth-order valence-corrected chi connectivity index (χ4v) is 4.34. The van der Waals surface area contributed by atoms with Crippen LogP contribution in [0.2, 0.25) is 0 Å². The molecule has 1 aliphatic heterocycles. The van der Waals surface area contributed by atoms with Crippen LogP contribution in [-0.4, -0.2) is 58.8 Å². The Hall–Kier alpha value is -1.45. The van der Waals surface area contributed by atoms with Crippen molar-refractivity contribution in [2.75, 3.05) is 13.1 Å². The van der Waals surface area contributed by atoms with E-state index in [2.05, 4.69) is 10.2 Å². The van der Waals surface area contributed by atoms with E-state index in [0.717, 1.165) is 0 Å². The van der Waals surface area contributed by atoms with Gasteiger partial charge in [0.15, 0.2) is 0 Å². The number of carboxylic acids is 1. The van der Waals surface area contributed by atoms with Gasteiger partial charge in [0.1, 0.15) is 5.56 Å². The Balaban J connectivity index is 2.45. The maximum Gasteiger partial charge on any atom is 0.340 e. The Labute approximate surface area is 123 Å². The number of carboxylic acid groups (broad SMARTS) is 1. The summed E-state index contributed by atoms with van der Waals surface area (Å²) in [6, 6.07) is 0. The molecule has 1 unspecified atom stereocenters. The number of sulfonamides is 1. The van der Waals surface area contributed by atoms with Gasteiger partial charge in [-0.2, -0.15) is 9.40 Å². The first kappa shape index (κ1) is 15.9. The average Bonchev–Trinajstić information content (AvgIpc) is 2.69. The molecule has 0 radical (unpaired) electrons. The zero-order valence-corrected chi connectivity index (χ0v) is 13.2. The predicted molar refractivity (Wildman–Crippen MR) is 73.7 cm³/mol. The summed E-state index contributed by atoms with van der Waals surface area (Å²) in [5, 5.41) is 14.8. The van der Waals surface area contributed by atoms with Gasteiger partial charge in [0, 0.05) is 18.8 Å². The molecule has 0 amide bonds. The quantitative estimate of drug-likeness (QED) is 0.844. The van der Waals surface area contributed by atoms with Gasteiger partial charge in [-0.3, -0.25) is 5.10 Å². The van der Waals surface area contributed by atoms with E-state index >= 15 is 0 Å². The van der Waals surface area contributed by atoms with Gasteiger partial charge in [0.05, 0.1) is 11.7 Å². The number of aryl methyl sites for hydroxylation is 1. The van der Waals surface area contributed by atoms with Gasteiger partial charge in [-0.05, 0) is 27.7 Å². The largest absolute Gasteiger partial charge is 0.478 e. The molecule has 2 rings (SSSR count). The molecule has 0 aliphatic carbocycles. The summed E-state index contributed by atoms with van der Waals surface area (Å²) in [4.78, 5) is 11.3. The van der Waals surface area contributed by atoms with Crippen LogP contribution in [-0.2, 0) is 14.8 Å². The maximum atomic E-state index is 12.7. The lowest BCUT2D eigenvalue weighted by atomic mass is 10.1. The van der Waals surface area contributed by atoms with Crippen LogP contribution in [0.3, 0.4) is 0 Å². The number of nitrogens with zero attached hydrogens (tertiary/aromatic N) is 2. The number of hydrogen-bond donors (Lipinski definition) is 2. The summed E-state index contributed by atoms with van der Waals surface area (Å²) in [5.41, 5.74) is -0.743. The van der Waals surface area contributed by atoms with Crippen molar-refractivity contribution in [1.29, 1.82) is 0 Å². The first-order chi connectivity index (χ1) is 9.54. The number of aromatic nitrogens is 2. The monoisotopic (exact) mass is 317 g/mol. The van der Waals surface area contributed by atoms with Crippen LogP contribution < -0.4 is 0 Å². The Morgan fingerprint density at radius 2 is 2.14 bits per heavy atom. The van der Waals surface area contributed by atoms with Crippen molar-refractivity contribution in [3.8, 4) is 0 Å². The molecule has 9 heteroatoms. The Kier molecular flexibility index (Phi) is 3.85. The summed E-state index contributed by atoms with van der Waals surface area (Å²) in [7, 11) is -3.99. The summed E-state index contributed by atoms with van der Waals surface area (Å²) in [6.07, 6.45) is -0.281. The number of rotatable bonds is 3. The Morgan fingerprint density at radius 3 is 2.67 bits per heavy atom. The molecule has 0 aromatic carbocycles. The van der Waals surface area contributed by atoms with Gasteiger partial charge in [-0.1, -0.05) is 0 Å². The first-order valence-corrected chi connectivity index (χ1v) is 7.95. The van der Waals surface area contributed by atoms with Crippen molar-refractivity contribution >= 4 is 16.0 Å². The molecule has 0 spiro atoms. The highest BCUT2D eigenvalue weighted by Gasteiger charge is 2.41. The Bertz CT molecular complexity index is 664. The van der Waals surface area contributed by atoms with Crippen molar-refractivity contribution in [3.63, 3.8) is 0 Å². The van der Waals surface area contributed by atoms with Crippen molar-refractivity contribution < 1.29 is 23.1 Å². The van der Waals surface area contributed by atoms with Gasteiger partial charge in [-0.25, -0.2) is 13.2 Å². The van der Waals surface area contributed by atoms with E-state index in [1.807, 2.05) is 0 Å². The molecular formula is C12H19N3O5S. The molecule has 1 aromatic rings. The third kappa shape index (κ3) is 2.94. The second-order valence-electron chi connectivity index (χ2n) is 5.82. The molecule has 0 bridgehead atoms. The Morgan fingerprint density at radius 1 is 1.52 bits per heavy atom. The van der Waals surface area contributed by atoms with Crippen LogP contribution in [0.1, 0.15) is 36.8 Å². The number of hydrogen-bond acceptors (Lipinski definition) is 5. The van der Waals surface area contributed by atoms with Crippen LogP contribution in [0.15, 0.2) is 5.03 Å². The van der Waals surface area contributed by atoms with Crippen LogP contribution in [0.25, 0.3) is 0 Å². The second-order valence-corrected chi connectivity index (χ2v) is 7.67. The van der Waals surface area contributed by atoms with E-state index < -0.39 is 26.6 Å². The summed E-state index contributed by atoms with van der Waals surface area (Å²) in [5.74, 6) is -1.32. The maximum absolute atomic E-state index is 12.7. The zero-order valence-electron chi connectivity index (χ0n) is 12.4. The van der Waals surface area contributed by atoms with Crippen molar-refractivity contribution in [1.82, 2.24) is 14.5 Å². The highest BCUT2D eigenvalue weighted by Crippen LogP contribution is 2.27. The average molecular weight is 317 g/mol. The molecular weight excluding hydrogens is 298 g/mol. The normalized spacial score (nSPS) is 23.1. The molecule has 1 aromatic heterocycles. The van der Waals surface area contributed by atoms with Crippen molar-refractivity contribution in [3.05, 3.63) is 11.3 Å².